The lowest BCUT2D eigenvalue weighted by Gasteiger charge is -2.15. The zero-order valence-electron chi connectivity index (χ0n) is 19.8. The molecule has 0 bridgehead atoms. The highest BCUT2D eigenvalue weighted by Gasteiger charge is 2.13. The third kappa shape index (κ3) is 9.11. The SMILES string of the molecule is COc1cccc(OC)c1C(C)C.COc1cccc(OC)c1C(C)C.PCCP. The van der Waals surface area contributed by atoms with Gasteiger partial charge in [0.25, 0.3) is 0 Å². The van der Waals surface area contributed by atoms with Crippen LogP contribution in [0.2, 0.25) is 0 Å². The summed E-state index contributed by atoms with van der Waals surface area (Å²) in [6.07, 6.45) is 2.40. The number of hydrogen-bond donors (Lipinski definition) is 0. The molecule has 0 spiro atoms. The second kappa shape index (κ2) is 16.2. The predicted molar refractivity (Wildman–Crippen MR) is 136 cm³/mol. The van der Waals surface area contributed by atoms with E-state index in [1.165, 1.54) is 12.3 Å². The summed E-state index contributed by atoms with van der Waals surface area (Å²) in [7, 11) is 12.0. The zero-order chi connectivity index (χ0) is 23.1. The van der Waals surface area contributed by atoms with Crippen LogP contribution in [-0.4, -0.2) is 40.8 Å². The largest absolute Gasteiger partial charge is 0.496 e. The van der Waals surface area contributed by atoms with E-state index in [2.05, 4.69) is 46.2 Å². The van der Waals surface area contributed by atoms with E-state index in [0.717, 1.165) is 34.1 Å². The fraction of sp³-hybridized carbons (Fsp3) is 0.500. The molecule has 0 radical (unpaired) electrons. The summed E-state index contributed by atoms with van der Waals surface area (Å²) in [5.41, 5.74) is 2.26. The first-order chi connectivity index (χ1) is 14.3. The van der Waals surface area contributed by atoms with Crippen LogP contribution >= 0.6 is 18.5 Å². The van der Waals surface area contributed by atoms with Gasteiger partial charge in [0.05, 0.1) is 28.4 Å². The molecule has 30 heavy (non-hydrogen) atoms. The number of rotatable bonds is 7. The van der Waals surface area contributed by atoms with E-state index < -0.39 is 0 Å². The van der Waals surface area contributed by atoms with Gasteiger partial charge in [-0.15, -0.1) is 18.5 Å². The van der Waals surface area contributed by atoms with Crippen molar-refractivity contribution in [1.29, 1.82) is 0 Å². The van der Waals surface area contributed by atoms with Crippen LogP contribution in [0.25, 0.3) is 0 Å². The van der Waals surface area contributed by atoms with E-state index in [-0.39, 0.29) is 0 Å². The molecule has 4 nitrogen and oxygen atoms in total. The van der Waals surface area contributed by atoms with Crippen LogP contribution in [0, 0.1) is 0 Å². The predicted octanol–water partition coefficient (Wildman–Crippen LogP) is 6.39. The van der Waals surface area contributed by atoms with Crippen LogP contribution in [0.4, 0.5) is 0 Å². The number of methoxy groups -OCH3 is 4. The van der Waals surface area contributed by atoms with Gasteiger partial charge in [-0.05, 0) is 48.4 Å². The average molecular weight is 455 g/mol. The van der Waals surface area contributed by atoms with Crippen LogP contribution in [0.5, 0.6) is 23.0 Å². The van der Waals surface area contributed by atoms with Crippen molar-refractivity contribution < 1.29 is 18.9 Å². The highest BCUT2D eigenvalue weighted by molar-refractivity contribution is 7.21. The monoisotopic (exact) mass is 454 g/mol. The topological polar surface area (TPSA) is 36.9 Å². The summed E-state index contributed by atoms with van der Waals surface area (Å²) in [6, 6.07) is 11.7. The quantitative estimate of drug-likeness (QED) is 0.454. The van der Waals surface area contributed by atoms with Crippen LogP contribution in [0.15, 0.2) is 36.4 Å². The van der Waals surface area contributed by atoms with Gasteiger partial charge in [-0.25, -0.2) is 0 Å². The first-order valence-electron chi connectivity index (χ1n) is 10.1. The van der Waals surface area contributed by atoms with E-state index in [1.807, 2.05) is 36.4 Å². The molecule has 0 aromatic heterocycles. The molecule has 0 aliphatic carbocycles. The molecule has 2 unspecified atom stereocenters. The molecule has 0 amide bonds. The Morgan fingerprint density at radius 1 is 0.567 bits per heavy atom. The van der Waals surface area contributed by atoms with E-state index in [1.54, 1.807) is 28.4 Å². The number of benzene rings is 2. The average Bonchev–Trinajstić information content (AvgIpc) is 2.77. The molecule has 0 N–H and O–H groups in total. The van der Waals surface area contributed by atoms with Crippen molar-refractivity contribution in [1.82, 2.24) is 0 Å². The summed E-state index contributed by atoms with van der Waals surface area (Å²) in [5, 5.41) is 0. The molecule has 0 aliphatic heterocycles. The Bertz CT molecular complexity index is 612. The molecule has 2 atom stereocenters. The van der Waals surface area contributed by atoms with Gasteiger partial charge in [0.1, 0.15) is 23.0 Å². The van der Waals surface area contributed by atoms with Crippen molar-refractivity contribution >= 4 is 18.5 Å². The molecule has 0 saturated carbocycles. The van der Waals surface area contributed by atoms with Crippen LogP contribution in [0.3, 0.4) is 0 Å². The third-order valence-electron chi connectivity index (χ3n) is 4.25. The molecular weight excluding hydrogens is 414 g/mol. The maximum absolute atomic E-state index is 5.27. The maximum atomic E-state index is 5.27. The van der Waals surface area contributed by atoms with Crippen molar-refractivity contribution in [2.45, 2.75) is 39.5 Å². The summed E-state index contributed by atoms with van der Waals surface area (Å²) in [4.78, 5) is 0. The van der Waals surface area contributed by atoms with E-state index in [9.17, 15) is 0 Å². The first-order valence-corrected chi connectivity index (χ1v) is 11.8. The van der Waals surface area contributed by atoms with Gasteiger partial charge >= 0.3 is 0 Å². The first kappa shape index (κ1) is 28.5. The summed E-state index contributed by atoms with van der Waals surface area (Å²) < 4.78 is 21.1. The molecular formula is C24H40O4P2. The Morgan fingerprint density at radius 2 is 0.800 bits per heavy atom. The van der Waals surface area contributed by atoms with Crippen LogP contribution < -0.4 is 18.9 Å². The lowest BCUT2D eigenvalue weighted by molar-refractivity contribution is 0.381. The number of ether oxygens (including phenoxy) is 4. The smallest absolute Gasteiger partial charge is 0.126 e. The normalized spacial score (nSPS) is 9.87. The van der Waals surface area contributed by atoms with Crippen molar-refractivity contribution in [2.75, 3.05) is 40.8 Å². The standard InChI is InChI=1S/2C11H16O2.C2H8P2/c2*1-8(2)11-9(12-3)6-5-7-10(11)13-4;3-1-2-4/h2*5-8H,1-4H3;1-4H2. The van der Waals surface area contributed by atoms with E-state index >= 15 is 0 Å². The number of hydrogen-bond acceptors (Lipinski definition) is 4. The fourth-order valence-electron chi connectivity index (χ4n) is 2.90. The Labute approximate surface area is 188 Å². The van der Waals surface area contributed by atoms with Gasteiger partial charge in [-0.1, -0.05) is 39.8 Å². The van der Waals surface area contributed by atoms with Gasteiger partial charge in [-0.3, -0.25) is 0 Å². The minimum absolute atomic E-state index is 0.408. The third-order valence-corrected chi connectivity index (χ3v) is 5.59. The van der Waals surface area contributed by atoms with Gasteiger partial charge in [0, 0.05) is 11.1 Å². The summed E-state index contributed by atoms with van der Waals surface area (Å²) >= 11 is 0. The van der Waals surface area contributed by atoms with Crippen LogP contribution in [0.1, 0.15) is 50.7 Å². The van der Waals surface area contributed by atoms with E-state index in [4.69, 9.17) is 18.9 Å². The van der Waals surface area contributed by atoms with Crippen molar-refractivity contribution in [3.05, 3.63) is 47.5 Å². The molecule has 2 aromatic carbocycles. The van der Waals surface area contributed by atoms with Gasteiger partial charge in [0.2, 0.25) is 0 Å². The minimum Gasteiger partial charge on any atom is -0.496 e. The molecule has 2 aromatic rings. The van der Waals surface area contributed by atoms with Crippen molar-refractivity contribution in [2.24, 2.45) is 0 Å². The van der Waals surface area contributed by atoms with E-state index in [0.29, 0.717) is 11.8 Å². The Kier molecular flexibility index (Phi) is 15.4. The highest BCUT2D eigenvalue weighted by Crippen LogP contribution is 2.35. The maximum Gasteiger partial charge on any atom is 0.126 e. The lowest BCUT2D eigenvalue weighted by atomic mass is 10.0. The Balaban J connectivity index is 0.000000477. The zero-order valence-corrected chi connectivity index (χ0v) is 22.1. The van der Waals surface area contributed by atoms with Gasteiger partial charge < -0.3 is 18.9 Å². The second-order valence-corrected chi connectivity index (χ2v) is 8.19. The second-order valence-electron chi connectivity index (χ2n) is 7.04. The molecule has 0 fully saturated rings. The Hall–Kier alpha value is -1.50. The van der Waals surface area contributed by atoms with Gasteiger partial charge in [0.15, 0.2) is 0 Å². The van der Waals surface area contributed by atoms with Gasteiger partial charge in [-0.2, -0.15) is 0 Å². The van der Waals surface area contributed by atoms with Crippen molar-refractivity contribution in [3.63, 3.8) is 0 Å². The Morgan fingerprint density at radius 3 is 0.933 bits per heavy atom. The molecule has 0 aliphatic rings. The molecule has 0 saturated heterocycles. The minimum atomic E-state index is 0.408. The molecule has 6 heteroatoms. The molecule has 0 heterocycles. The fourth-order valence-corrected chi connectivity index (χ4v) is 2.90. The molecule has 170 valence electrons. The molecule has 2 rings (SSSR count). The highest BCUT2D eigenvalue weighted by atomic mass is 31.0. The summed E-state index contributed by atoms with van der Waals surface area (Å²) in [5.74, 6) is 4.41. The van der Waals surface area contributed by atoms with Crippen molar-refractivity contribution in [3.8, 4) is 23.0 Å². The van der Waals surface area contributed by atoms with Crippen LogP contribution in [-0.2, 0) is 0 Å². The lowest BCUT2D eigenvalue weighted by Crippen LogP contribution is -1.98. The summed E-state index contributed by atoms with van der Waals surface area (Å²) in [6.45, 7) is 8.50.